The zero-order valence-corrected chi connectivity index (χ0v) is 14.1. The lowest BCUT2D eigenvalue weighted by atomic mass is 9.84. The molecule has 0 bridgehead atoms. The van der Waals surface area contributed by atoms with Gasteiger partial charge in [0.1, 0.15) is 4.90 Å². The van der Waals surface area contributed by atoms with Crippen LogP contribution in [0.2, 0.25) is 0 Å². The van der Waals surface area contributed by atoms with Crippen molar-refractivity contribution in [3.63, 3.8) is 0 Å². The molecule has 20 heavy (non-hydrogen) atoms. The van der Waals surface area contributed by atoms with E-state index in [4.69, 9.17) is 0 Å². The molecule has 1 saturated carbocycles. The minimum atomic E-state index is -3.44. The van der Waals surface area contributed by atoms with Crippen molar-refractivity contribution < 1.29 is 8.42 Å². The average Bonchev–Trinajstić information content (AvgIpc) is 2.71. The Morgan fingerprint density at radius 3 is 2.55 bits per heavy atom. The van der Waals surface area contributed by atoms with E-state index >= 15 is 0 Å². The lowest BCUT2D eigenvalue weighted by Gasteiger charge is -2.34. The maximum absolute atomic E-state index is 12.8. The van der Waals surface area contributed by atoms with E-state index in [0.717, 1.165) is 36.1 Å². The van der Waals surface area contributed by atoms with Gasteiger partial charge in [-0.3, -0.25) is 0 Å². The Hall–Kier alpha value is -0.430. The molecule has 0 atom stereocenters. The van der Waals surface area contributed by atoms with Gasteiger partial charge < -0.3 is 5.32 Å². The van der Waals surface area contributed by atoms with Gasteiger partial charge in [-0.25, -0.2) is 13.1 Å². The minimum Gasteiger partial charge on any atom is -0.315 e. The Kier molecular flexibility index (Phi) is 4.89. The molecular weight excluding hydrogens is 292 g/mol. The van der Waals surface area contributed by atoms with Crippen LogP contribution in [0.5, 0.6) is 0 Å². The molecule has 1 fully saturated rings. The summed E-state index contributed by atoms with van der Waals surface area (Å²) >= 11 is 1.51. The summed E-state index contributed by atoms with van der Waals surface area (Å²) in [6, 6.07) is 0. The summed E-state index contributed by atoms with van der Waals surface area (Å²) in [4.78, 5) is 1.36. The summed E-state index contributed by atoms with van der Waals surface area (Å²) in [6.45, 7) is 4.49. The molecule has 4 nitrogen and oxygen atoms in total. The van der Waals surface area contributed by atoms with Crippen molar-refractivity contribution in [2.45, 2.75) is 62.9 Å². The van der Waals surface area contributed by atoms with Gasteiger partial charge in [0.25, 0.3) is 0 Å². The maximum atomic E-state index is 12.8. The van der Waals surface area contributed by atoms with E-state index in [2.05, 4.69) is 10.0 Å². The molecule has 0 amide bonds. The molecule has 1 aromatic rings. The molecule has 0 spiro atoms. The Bertz CT molecular complexity index is 558. The highest BCUT2D eigenvalue weighted by molar-refractivity contribution is 7.89. The van der Waals surface area contributed by atoms with Crippen molar-refractivity contribution >= 4 is 21.4 Å². The molecule has 0 saturated heterocycles. The van der Waals surface area contributed by atoms with Gasteiger partial charge in [0.05, 0.1) is 0 Å². The summed E-state index contributed by atoms with van der Waals surface area (Å²) in [5, 5.41) is 4.96. The normalized spacial score (nSPS) is 19.1. The van der Waals surface area contributed by atoms with Gasteiger partial charge in [0.15, 0.2) is 0 Å². The summed E-state index contributed by atoms with van der Waals surface area (Å²) < 4.78 is 28.5. The average molecular weight is 316 g/mol. The monoisotopic (exact) mass is 316 g/mol. The highest BCUT2D eigenvalue weighted by Gasteiger charge is 2.34. The van der Waals surface area contributed by atoms with Crippen LogP contribution in [0, 0.1) is 6.92 Å². The smallest absolute Gasteiger partial charge is 0.242 e. The first-order valence-corrected chi connectivity index (χ1v) is 9.50. The minimum absolute atomic E-state index is 0.289. The Morgan fingerprint density at radius 1 is 1.30 bits per heavy atom. The molecule has 0 unspecified atom stereocenters. The molecule has 6 heteroatoms. The maximum Gasteiger partial charge on any atom is 0.242 e. The summed E-state index contributed by atoms with van der Waals surface area (Å²) in [7, 11) is -1.60. The van der Waals surface area contributed by atoms with Crippen LogP contribution in [0.15, 0.2) is 10.3 Å². The van der Waals surface area contributed by atoms with Crippen LogP contribution in [0.25, 0.3) is 0 Å². The zero-order chi connectivity index (χ0) is 14.8. The Morgan fingerprint density at radius 2 is 1.95 bits per heavy atom. The standard InChI is InChI=1S/C14H24N2O2S2/c1-11-10-19-12(9-15-3)13(11)20(17,18)16-14(2)7-5-4-6-8-14/h10,15-16H,4-9H2,1-3H3. The number of nitrogens with one attached hydrogen (secondary N) is 2. The molecule has 2 N–H and O–H groups in total. The molecule has 114 valence electrons. The van der Waals surface area contributed by atoms with Crippen LogP contribution < -0.4 is 10.0 Å². The van der Waals surface area contributed by atoms with Crippen LogP contribution in [-0.2, 0) is 16.6 Å². The fourth-order valence-electron chi connectivity index (χ4n) is 2.94. The third-order valence-electron chi connectivity index (χ3n) is 3.93. The van der Waals surface area contributed by atoms with Crippen molar-refractivity contribution in [2.75, 3.05) is 7.05 Å². The van der Waals surface area contributed by atoms with Gasteiger partial charge in [-0.05, 0) is 44.7 Å². The topological polar surface area (TPSA) is 58.2 Å². The van der Waals surface area contributed by atoms with Crippen molar-refractivity contribution in [2.24, 2.45) is 0 Å². The lowest BCUT2D eigenvalue weighted by molar-refractivity contribution is 0.294. The van der Waals surface area contributed by atoms with E-state index in [-0.39, 0.29) is 5.54 Å². The van der Waals surface area contributed by atoms with Crippen LogP contribution in [0.3, 0.4) is 0 Å². The fourth-order valence-corrected chi connectivity index (χ4v) is 6.23. The number of rotatable bonds is 5. The number of sulfonamides is 1. The second-order valence-corrected chi connectivity index (χ2v) is 8.51. The number of hydrogen-bond acceptors (Lipinski definition) is 4. The molecule has 1 aliphatic rings. The quantitative estimate of drug-likeness (QED) is 0.878. The van der Waals surface area contributed by atoms with Crippen LogP contribution in [-0.4, -0.2) is 21.0 Å². The van der Waals surface area contributed by atoms with Crippen molar-refractivity contribution in [3.8, 4) is 0 Å². The van der Waals surface area contributed by atoms with Gasteiger partial charge in [-0.1, -0.05) is 19.3 Å². The van der Waals surface area contributed by atoms with Gasteiger partial charge in [-0.2, -0.15) is 0 Å². The van der Waals surface area contributed by atoms with E-state index in [1.54, 1.807) is 0 Å². The molecule has 2 rings (SSSR count). The van der Waals surface area contributed by atoms with Gasteiger partial charge in [0.2, 0.25) is 10.0 Å². The molecule has 0 aliphatic heterocycles. The zero-order valence-electron chi connectivity index (χ0n) is 12.5. The van der Waals surface area contributed by atoms with E-state index in [9.17, 15) is 8.42 Å². The van der Waals surface area contributed by atoms with Crippen molar-refractivity contribution in [1.82, 2.24) is 10.0 Å². The van der Waals surface area contributed by atoms with Gasteiger partial charge >= 0.3 is 0 Å². The van der Waals surface area contributed by atoms with E-state index in [0.29, 0.717) is 11.4 Å². The molecule has 1 aliphatic carbocycles. The second-order valence-electron chi connectivity index (χ2n) is 5.93. The Labute approximate surface area is 126 Å². The highest BCUT2D eigenvalue weighted by Crippen LogP contribution is 2.32. The molecule has 1 heterocycles. The summed E-state index contributed by atoms with van der Waals surface area (Å²) in [6.07, 6.45) is 5.27. The molecular formula is C14H24N2O2S2. The molecule has 1 aromatic heterocycles. The van der Waals surface area contributed by atoms with Crippen molar-refractivity contribution in [3.05, 3.63) is 15.8 Å². The second kappa shape index (κ2) is 6.13. The van der Waals surface area contributed by atoms with E-state index < -0.39 is 10.0 Å². The fraction of sp³-hybridized carbons (Fsp3) is 0.714. The van der Waals surface area contributed by atoms with Crippen LogP contribution in [0.4, 0.5) is 0 Å². The summed E-state index contributed by atoms with van der Waals surface area (Å²) in [5.74, 6) is 0. The number of hydrogen-bond donors (Lipinski definition) is 2. The van der Waals surface area contributed by atoms with Crippen molar-refractivity contribution in [1.29, 1.82) is 0 Å². The van der Waals surface area contributed by atoms with Gasteiger partial charge in [0, 0.05) is 17.0 Å². The predicted octanol–water partition coefficient (Wildman–Crippen LogP) is 2.78. The van der Waals surface area contributed by atoms with Crippen LogP contribution >= 0.6 is 11.3 Å². The van der Waals surface area contributed by atoms with Gasteiger partial charge in [-0.15, -0.1) is 11.3 Å². The first-order valence-electron chi connectivity index (χ1n) is 7.13. The Balaban J connectivity index is 2.28. The third-order valence-corrected chi connectivity index (χ3v) is 7.03. The number of thiophene rings is 1. The summed E-state index contributed by atoms with van der Waals surface area (Å²) in [5.41, 5.74) is 0.551. The van der Waals surface area contributed by atoms with E-state index in [1.165, 1.54) is 17.8 Å². The molecule has 0 radical (unpaired) electrons. The lowest BCUT2D eigenvalue weighted by Crippen LogP contribution is -2.47. The predicted molar refractivity (Wildman–Crippen MR) is 83.6 cm³/mol. The van der Waals surface area contributed by atoms with Crippen LogP contribution in [0.1, 0.15) is 49.5 Å². The number of aryl methyl sites for hydroxylation is 1. The first kappa shape index (κ1) is 15.9. The SMILES string of the molecule is CNCc1scc(C)c1S(=O)(=O)NC1(C)CCCCC1. The first-order chi connectivity index (χ1) is 9.38. The van der Waals surface area contributed by atoms with E-state index in [1.807, 2.05) is 26.3 Å². The molecule has 0 aromatic carbocycles. The largest absolute Gasteiger partial charge is 0.315 e. The third kappa shape index (κ3) is 3.42. The highest BCUT2D eigenvalue weighted by atomic mass is 32.2.